The molecule has 4 rings (SSSR count). The maximum absolute atomic E-state index is 14.7. The van der Waals surface area contributed by atoms with E-state index in [9.17, 15) is 9.65 Å². The van der Waals surface area contributed by atoms with Crippen LogP contribution in [-0.4, -0.2) is 19.4 Å². The van der Waals surface area contributed by atoms with E-state index in [1.165, 1.54) is 12.4 Å². The lowest BCUT2D eigenvalue weighted by molar-refractivity contribution is 0.461. The zero-order chi connectivity index (χ0) is 18.1. The van der Waals surface area contributed by atoms with Crippen molar-refractivity contribution in [3.63, 3.8) is 0 Å². The second-order valence-electron chi connectivity index (χ2n) is 5.57. The van der Waals surface area contributed by atoms with Gasteiger partial charge in [0.25, 0.3) is 0 Å². The summed E-state index contributed by atoms with van der Waals surface area (Å²) >= 11 is 0. The fourth-order valence-corrected chi connectivity index (χ4v) is 2.78. The van der Waals surface area contributed by atoms with Gasteiger partial charge in [-0.15, -0.1) is 0 Å². The van der Waals surface area contributed by atoms with Crippen LogP contribution < -0.4 is 4.74 Å². The molecular formula is C19H12FN5O. The monoisotopic (exact) mass is 345 g/mol. The first-order valence-electron chi connectivity index (χ1n) is 7.78. The standard InChI is InChI=1S/C19H12FN5O/c1-12-18(16(10-21)24-11-23-12)14-5-4-13(9-15(14)20)26-19-17-3-2-7-25(17)8-6-22-19/h2-9,11H,1H3. The molecular weight excluding hydrogens is 333 g/mol. The predicted molar refractivity (Wildman–Crippen MR) is 92.1 cm³/mol. The molecule has 3 heterocycles. The minimum absolute atomic E-state index is 0.129. The second-order valence-corrected chi connectivity index (χ2v) is 5.57. The van der Waals surface area contributed by atoms with Crippen molar-refractivity contribution < 1.29 is 9.13 Å². The molecule has 0 N–H and O–H groups in total. The van der Waals surface area contributed by atoms with Crippen molar-refractivity contribution in [2.75, 3.05) is 0 Å². The molecule has 0 radical (unpaired) electrons. The largest absolute Gasteiger partial charge is 0.437 e. The van der Waals surface area contributed by atoms with Crippen molar-refractivity contribution in [1.29, 1.82) is 5.26 Å². The number of fused-ring (bicyclic) bond motifs is 1. The number of halogens is 1. The molecule has 3 aromatic heterocycles. The summed E-state index contributed by atoms with van der Waals surface area (Å²) in [6.07, 6.45) is 6.57. The van der Waals surface area contributed by atoms with Crippen molar-refractivity contribution in [1.82, 2.24) is 19.4 Å². The predicted octanol–water partition coefficient (Wildman–Crippen LogP) is 3.90. The van der Waals surface area contributed by atoms with Crippen LogP contribution in [0.2, 0.25) is 0 Å². The Labute approximate surface area is 148 Å². The minimum atomic E-state index is -0.528. The first-order valence-corrected chi connectivity index (χ1v) is 7.78. The molecule has 0 bridgehead atoms. The summed E-state index contributed by atoms with van der Waals surface area (Å²) in [5.74, 6) is 0.155. The van der Waals surface area contributed by atoms with Crippen LogP contribution in [0.4, 0.5) is 4.39 Å². The topological polar surface area (TPSA) is 76.1 Å². The fourth-order valence-electron chi connectivity index (χ4n) is 2.78. The van der Waals surface area contributed by atoms with Gasteiger partial charge >= 0.3 is 0 Å². The number of nitrogens with zero attached hydrogens (tertiary/aromatic N) is 5. The van der Waals surface area contributed by atoms with Gasteiger partial charge in [-0.1, -0.05) is 0 Å². The van der Waals surface area contributed by atoms with Crippen molar-refractivity contribution in [3.05, 3.63) is 72.5 Å². The Hall–Kier alpha value is -3.79. The average Bonchev–Trinajstić information content (AvgIpc) is 3.12. The summed E-state index contributed by atoms with van der Waals surface area (Å²) in [6, 6.07) is 10.1. The average molecular weight is 345 g/mol. The molecule has 0 saturated carbocycles. The van der Waals surface area contributed by atoms with Gasteiger partial charge in [0.2, 0.25) is 5.88 Å². The van der Waals surface area contributed by atoms with E-state index in [0.717, 1.165) is 5.52 Å². The number of aromatic nitrogens is 4. The quantitative estimate of drug-likeness (QED) is 0.563. The van der Waals surface area contributed by atoms with Crippen LogP contribution in [0.3, 0.4) is 0 Å². The molecule has 0 unspecified atom stereocenters. The molecule has 0 atom stereocenters. The Kier molecular flexibility index (Phi) is 3.78. The van der Waals surface area contributed by atoms with Crippen LogP contribution in [0.1, 0.15) is 11.4 Å². The zero-order valence-electron chi connectivity index (χ0n) is 13.7. The summed E-state index contributed by atoms with van der Waals surface area (Å²) < 4.78 is 22.3. The van der Waals surface area contributed by atoms with Gasteiger partial charge < -0.3 is 9.14 Å². The third-order valence-electron chi connectivity index (χ3n) is 3.98. The number of aryl methyl sites for hydroxylation is 1. The number of hydrogen-bond donors (Lipinski definition) is 0. The van der Waals surface area contributed by atoms with Crippen molar-refractivity contribution in [3.8, 4) is 28.8 Å². The van der Waals surface area contributed by atoms with Crippen LogP contribution in [0.25, 0.3) is 16.6 Å². The van der Waals surface area contributed by atoms with Gasteiger partial charge in [-0.3, -0.25) is 0 Å². The Bertz CT molecular complexity index is 1160. The summed E-state index contributed by atoms with van der Waals surface area (Å²) in [4.78, 5) is 12.2. The number of hydrogen-bond acceptors (Lipinski definition) is 5. The van der Waals surface area contributed by atoms with Gasteiger partial charge in [0.05, 0.1) is 0 Å². The van der Waals surface area contributed by atoms with Crippen LogP contribution in [0.5, 0.6) is 11.6 Å². The number of rotatable bonds is 3. The molecule has 0 aliphatic carbocycles. The molecule has 0 aliphatic rings. The van der Waals surface area contributed by atoms with E-state index in [1.54, 1.807) is 31.5 Å². The molecule has 4 aromatic rings. The molecule has 0 saturated heterocycles. The summed E-state index contributed by atoms with van der Waals surface area (Å²) in [5.41, 5.74) is 2.07. The van der Waals surface area contributed by atoms with E-state index < -0.39 is 5.82 Å². The SMILES string of the molecule is Cc1ncnc(C#N)c1-c1ccc(Oc2nccn3cccc23)cc1F. The highest BCUT2D eigenvalue weighted by atomic mass is 19.1. The third kappa shape index (κ3) is 2.63. The van der Waals surface area contributed by atoms with Gasteiger partial charge in [0.15, 0.2) is 5.69 Å². The molecule has 6 nitrogen and oxygen atoms in total. The van der Waals surface area contributed by atoms with Crippen LogP contribution in [-0.2, 0) is 0 Å². The van der Waals surface area contributed by atoms with Gasteiger partial charge in [-0.05, 0) is 31.2 Å². The van der Waals surface area contributed by atoms with E-state index in [1.807, 2.05) is 28.8 Å². The van der Waals surface area contributed by atoms with E-state index >= 15 is 0 Å². The zero-order valence-corrected chi connectivity index (χ0v) is 13.7. The lowest BCUT2D eigenvalue weighted by Gasteiger charge is -2.10. The Morgan fingerprint density at radius 2 is 2.04 bits per heavy atom. The number of ether oxygens (including phenoxy) is 1. The normalized spacial score (nSPS) is 10.7. The Morgan fingerprint density at radius 3 is 2.85 bits per heavy atom. The number of nitriles is 1. The van der Waals surface area contributed by atoms with Crippen LogP contribution in [0, 0.1) is 24.1 Å². The highest BCUT2D eigenvalue weighted by Gasteiger charge is 2.16. The number of benzene rings is 1. The molecule has 0 aliphatic heterocycles. The second kappa shape index (κ2) is 6.26. The lowest BCUT2D eigenvalue weighted by atomic mass is 10.0. The lowest BCUT2D eigenvalue weighted by Crippen LogP contribution is -1.98. The maximum atomic E-state index is 14.7. The fraction of sp³-hybridized carbons (Fsp3) is 0.0526. The smallest absolute Gasteiger partial charge is 0.243 e. The summed E-state index contributed by atoms with van der Waals surface area (Å²) in [7, 11) is 0. The third-order valence-corrected chi connectivity index (χ3v) is 3.98. The van der Waals surface area contributed by atoms with Gasteiger partial charge in [0, 0.05) is 41.5 Å². The van der Waals surface area contributed by atoms with Crippen LogP contribution >= 0.6 is 0 Å². The van der Waals surface area contributed by atoms with Crippen molar-refractivity contribution >= 4 is 5.52 Å². The Balaban J connectivity index is 1.74. The molecule has 7 heteroatoms. The molecule has 0 spiro atoms. The summed E-state index contributed by atoms with van der Waals surface area (Å²) in [5, 5.41) is 9.23. The molecule has 26 heavy (non-hydrogen) atoms. The highest BCUT2D eigenvalue weighted by molar-refractivity contribution is 5.72. The van der Waals surface area contributed by atoms with E-state index in [4.69, 9.17) is 4.74 Å². The minimum Gasteiger partial charge on any atom is -0.437 e. The van der Waals surface area contributed by atoms with Gasteiger partial charge in [-0.25, -0.2) is 19.3 Å². The van der Waals surface area contributed by atoms with Gasteiger partial charge in [-0.2, -0.15) is 5.26 Å². The van der Waals surface area contributed by atoms with Crippen molar-refractivity contribution in [2.24, 2.45) is 0 Å². The molecule has 0 fully saturated rings. The first-order chi connectivity index (χ1) is 12.7. The molecule has 1 aromatic carbocycles. The molecule has 126 valence electrons. The van der Waals surface area contributed by atoms with E-state index in [0.29, 0.717) is 22.9 Å². The maximum Gasteiger partial charge on any atom is 0.243 e. The highest BCUT2D eigenvalue weighted by Crippen LogP contribution is 2.31. The first kappa shape index (κ1) is 15.7. The van der Waals surface area contributed by atoms with E-state index in [-0.39, 0.29) is 11.3 Å². The Morgan fingerprint density at radius 1 is 1.15 bits per heavy atom. The van der Waals surface area contributed by atoms with Crippen molar-refractivity contribution in [2.45, 2.75) is 6.92 Å². The van der Waals surface area contributed by atoms with E-state index in [2.05, 4.69) is 15.0 Å². The molecule has 0 amide bonds. The van der Waals surface area contributed by atoms with Gasteiger partial charge in [0.1, 0.15) is 29.5 Å². The summed E-state index contributed by atoms with van der Waals surface area (Å²) in [6.45, 7) is 1.71. The van der Waals surface area contributed by atoms with Crippen LogP contribution in [0.15, 0.2) is 55.2 Å².